The average Bonchev–Trinajstić information content (AvgIpc) is 3.02. The van der Waals surface area contributed by atoms with Gasteiger partial charge in [-0.05, 0) is 35.6 Å². The lowest BCUT2D eigenvalue weighted by Crippen LogP contribution is -2.01. The van der Waals surface area contributed by atoms with Crippen LogP contribution in [0, 0.1) is 0 Å². The van der Waals surface area contributed by atoms with Gasteiger partial charge in [-0.25, -0.2) is 0 Å². The highest BCUT2D eigenvalue weighted by Gasteiger charge is 2.17. The maximum Gasteiger partial charge on any atom is 0.107 e. The van der Waals surface area contributed by atoms with Crippen LogP contribution in [0.2, 0.25) is 0 Å². The maximum absolute atomic E-state index is 10.6. The molecule has 0 saturated heterocycles. The second-order valence-corrected chi connectivity index (χ2v) is 4.79. The molecule has 0 radical (unpaired) electrons. The molecule has 2 heterocycles. The number of H-pyrrole nitrogens is 1. The van der Waals surface area contributed by atoms with Crippen LogP contribution >= 0.6 is 0 Å². The first kappa shape index (κ1) is 12.0. The Balaban J connectivity index is 2.04. The summed E-state index contributed by atoms with van der Waals surface area (Å²) >= 11 is 0. The molecule has 1 atom stereocenters. The second-order valence-electron chi connectivity index (χ2n) is 4.79. The molecule has 2 aromatic heterocycles. The molecule has 0 fully saturated rings. The van der Waals surface area contributed by atoms with Gasteiger partial charge in [0, 0.05) is 30.5 Å². The minimum atomic E-state index is -0.622. The number of rotatable bonds is 3. The number of aliphatic hydroxyl groups is 1. The van der Waals surface area contributed by atoms with E-state index in [2.05, 4.69) is 10.1 Å². The molecule has 3 rings (SSSR count). The Morgan fingerprint density at radius 1 is 1.37 bits per heavy atom. The highest BCUT2D eigenvalue weighted by molar-refractivity contribution is 5.80. The van der Waals surface area contributed by atoms with Crippen molar-refractivity contribution in [3.63, 3.8) is 0 Å². The number of nitrogens with one attached hydrogen (secondary N) is 1. The minimum absolute atomic E-state index is 0.622. The van der Waals surface area contributed by atoms with Crippen molar-refractivity contribution >= 4 is 10.9 Å². The molecule has 0 aliphatic carbocycles. The van der Waals surface area contributed by atoms with Gasteiger partial charge in [-0.1, -0.05) is 13.0 Å². The lowest BCUT2D eigenvalue weighted by atomic mass is 10.00. The second kappa shape index (κ2) is 4.55. The van der Waals surface area contributed by atoms with Crippen molar-refractivity contribution in [2.24, 2.45) is 7.05 Å². The Labute approximate surface area is 111 Å². The number of nitrogens with zero attached hydrogens (tertiary/aromatic N) is 2. The van der Waals surface area contributed by atoms with Gasteiger partial charge in [0.2, 0.25) is 0 Å². The van der Waals surface area contributed by atoms with Crippen molar-refractivity contribution in [1.29, 1.82) is 0 Å². The lowest BCUT2D eigenvalue weighted by Gasteiger charge is -2.11. The molecule has 1 unspecified atom stereocenters. The lowest BCUT2D eigenvalue weighted by molar-refractivity contribution is 0.219. The summed E-state index contributed by atoms with van der Waals surface area (Å²) in [7, 11) is 1.88. The van der Waals surface area contributed by atoms with Crippen LogP contribution in [0.5, 0.6) is 0 Å². The summed E-state index contributed by atoms with van der Waals surface area (Å²) in [5.41, 5.74) is 3.82. The van der Waals surface area contributed by atoms with Crippen LogP contribution in [-0.2, 0) is 13.5 Å². The molecule has 0 saturated carbocycles. The topological polar surface area (TPSA) is 53.8 Å². The summed E-state index contributed by atoms with van der Waals surface area (Å²) in [5, 5.41) is 16.0. The Kier molecular flexibility index (Phi) is 2.87. The van der Waals surface area contributed by atoms with Gasteiger partial charge in [0.25, 0.3) is 0 Å². The zero-order chi connectivity index (χ0) is 13.4. The predicted octanol–water partition coefficient (Wildman–Crippen LogP) is 2.55. The van der Waals surface area contributed by atoms with Crippen molar-refractivity contribution in [1.82, 2.24) is 14.8 Å². The molecule has 0 aliphatic heterocycles. The molecule has 0 bridgehead atoms. The highest BCUT2D eigenvalue weighted by atomic mass is 16.3. The standard InChI is InChI=1S/C15H17N3O/c1-3-13-12(9-18(2)17-13)15(19)11-4-5-14-10(8-11)6-7-16-14/h4-9,15-16,19H,3H2,1-2H3. The summed E-state index contributed by atoms with van der Waals surface area (Å²) in [6, 6.07) is 7.98. The minimum Gasteiger partial charge on any atom is -0.384 e. The molecule has 4 nitrogen and oxygen atoms in total. The third-order valence-corrected chi connectivity index (χ3v) is 3.46. The molecular formula is C15H17N3O. The number of hydrogen-bond acceptors (Lipinski definition) is 2. The van der Waals surface area contributed by atoms with Crippen molar-refractivity contribution in [2.45, 2.75) is 19.4 Å². The Hall–Kier alpha value is -2.07. The summed E-state index contributed by atoms with van der Waals surface area (Å²) < 4.78 is 1.76. The van der Waals surface area contributed by atoms with E-state index in [1.807, 2.05) is 50.6 Å². The van der Waals surface area contributed by atoms with Crippen LogP contribution in [0.25, 0.3) is 10.9 Å². The Morgan fingerprint density at radius 3 is 3.00 bits per heavy atom. The van der Waals surface area contributed by atoms with E-state index in [1.54, 1.807) is 4.68 Å². The smallest absolute Gasteiger partial charge is 0.107 e. The van der Waals surface area contributed by atoms with Crippen LogP contribution in [-0.4, -0.2) is 19.9 Å². The maximum atomic E-state index is 10.6. The van der Waals surface area contributed by atoms with E-state index in [0.717, 1.165) is 34.1 Å². The van der Waals surface area contributed by atoms with E-state index in [9.17, 15) is 5.11 Å². The largest absolute Gasteiger partial charge is 0.384 e. The van der Waals surface area contributed by atoms with Gasteiger partial charge >= 0.3 is 0 Å². The van der Waals surface area contributed by atoms with E-state index in [1.165, 1.54) is 0 Å². The normalized spacial score (nSPS) is 13.0. The number of aromatic amines is 1. The van der Waals surface area contributed by atoms with E-state index >= 15 is 0 Å². The summed E-state index contributed by atoms with van der Waals surface area (Å²) in [5.74, 6) is 0. The molecule has 4 heteroatoms. The van der Waals surface area contributed by atoms with Crippen LogP contribution < -0.4 is 0 Å². The molecule has 98 valence electrons. The molecule has 0 amide bonds. The first-order chi connectivity index (χ1) is 9.19. The summed E-state index contributed by atoms with van der Waals surface area (Å²) in [6.07, 6.45) is 4.00. The third kappa shape index (κ3) is 2.04. The number of aliphatic hydroxyl groups excluding tert-OH is 1. The van der Waals surface area contributed by atoms with Crippen LogP contribution in [0.3, 0.4) is 0 Å². The van der Waals surface area contributed by atoms with Crippen LogP contribution in [0.1, 0.15) is 29.8 Å². The fourth-order valence-electron chi connectivity index (χ4n) is 2.48. The summed E-state index contributed by atoms with van der Waals surface area (Å²) in [6.45, 7) is 2.05. The van der Waals surface area contributed by atoms with Crippen LogP contribution in [0.15, 0.2) is 36.7 Å². The third-order valence-electron chi connectivity index (χ3n) is 3.46. The van der Waals surface area contributed by atoms with Gasteiger partial charge in [0.1, 0.15) is 6.10 Å². The van der Waals surface area contributed by atoms with E-state index in [0.29, 0.717) is 0 Å². The molecule has 2 N–H and O–H groups in total. The van der Waals surface area contributed by atoms with Gasteiger partial charge in [0.05, 0.1) is 5.69 Å². The number of fused-ring (bicyclic) bond motifs is 1. The molecule has 0 spiro atoms. The first-order valence-corrected chi connectivity index (χ1v) is 6.46. The van der Waals surface area contributed by atoms with Crippen molar-refractivity contribution in [2.75, 3.05) is 0 Å². The van der Waals surface area contributed by atoms with Gasteiger partial charge in [-0.15, -0.1) is 0 Å². The number of aryl methyl sites for hydroxylation is 2. The van der Waals surface area contributed by atoms with Gasteiger partial charge in [-0.3, -0.25) is 4.68 Å². The van der Waals surface area contributed by atoms with E-state index in [4.69, 9.17) is 0 Å². The SMILES string of the molecule is CCc1nn(C)cc1C(O)c1ccc2[nH]ccc2c1. The zero-order valence-electron chi connectivity index (χ0n) is 11.1. The van der Waals surface area contributed by atoms with Gasteiger partial charge in [-0.2, -0.15) is 5.10 Å². The zero-order valence-corrected chi connectivity index (χ0v) is 11.1. The monoisotopic (exact) mass is 255 g/mol. The molecule has 3 aromatic rings. The molecule has 0 aliphatic rings. The van der Waals surface area contributed by atoms with Crippen molar-refractivity contribution < 1.29 is 5.11 Å². The van der Waals surface area contributed by atoms with Crippen LogP contribution in [0.4, 0.5) is 0 Å². The van der Waals surface area contributed by atoms with Gasteiger partial charge in [0.15, 0.2) is 0 Å². The fourth-order valence-corrected chi connectivity index (χ4v) is 2.48. The first-order valence-electron chi connectivity index (χ1n) is 6.46. The summed E-state index contributed by atoms with van der Waals surface area (Å²) in [4.78, 5) is 3.15. The van der Waals surface area contributed by atoms with Crippen molar-refractivity contribution in [3.8, 4) is 0 Å². The average molecular weight is 255 g/mol. The predicted molar refractivity (Wildman–Crippen MR) is 74.9 cm³/mol. The number of benzene rings is 1. The van der Waals surface area contributed by atoms with E-state index in [-0.39, 0.29) is 0 Å². The quantitative estimate of drug-likeness (QED) is 0.755. The van der Waals surface area contributed by atoms with E-state index < -0.39 is 6.10 Å². The van der Waals surface area contributed by atoms with Crippen molar-refractivity contribution in [3.05, 3.63) is 53.5 Å². The number of aromatic nitrogens is 3. The molecular weight excluding hydrogens is 238 g/mol. The molecule has 19 heavy (non-hydrogen) atoms. The highest BCUT2D eigenvalue weighted by Crippen LogP contribution is 2.27. The fraction of sp³-hybridized carbons (Fsp3) is 0.267. The van der Waals surface area contributed by atoms with Gasteiger partial charge < -0.3 is 10.1 Å². The Bertz CT molecular complexity index is 711. The number of hydrogen-bond donors (Lipinski definition) is 2. The Morgan fingerprint density at radius 2 is 2.21 bits per heavy atom. The molecule has 1 aromatic carbocycles.